The molecule has 7 heteroatoms. The first-order valence-corrected chi connectivity index (χ1v) is 9.07. The number of carbonyl (C=O) groups is 3. The van der Waals surface area contributed by atoms with E-state index >= 15 is 0 Å². The molecule has 0 saturated carbocycles. The highest BCUT2D eigenvalue weighted by Crippen LogP contribution is 2.16. The van der Waals surface area contributed by atoms with Gasteiger partial charge in [-0.3, -0.25) is 14.4 Å². The van der Waals surface area contributed by atoms with E-state index in [9.17, 15) is 14.4 Å². The minimum Gasteiger partial charge on any atom is -0.481 e. The van der Waals surface area contributed by atoms with Crippen molar-refractivity contribution in [3.05, 3.63) is 34.9 Å². The number of hydrogen-bond acceptors (Lipinski definition) is 4. The minimum atomic E-state index is -0.969. The van der Waals surface area contributed by atoms with Gasteiger partial charge in [0.15, 0.2) is 0 Å². The normalized spacial score (nSPS) is 14.7. The van der Waals surface area contributed by atoms with Gasteiger partial charge in [-0.05, 0) is 62.9 Å². The van der Waals surface area contributed by atoms with Crippen LogP contribution in [0, 0.1) is 12.8 Å². The predicted octanol–water partition coefficient (Wildman–Crippen LogP) is 1.32. The van der Waals surface area contributed by atoms with Gasteiger partial charge in [0, 0.05) is 24.2 Å². The summed E-state index contributed by atoms with van der Waals surface area (Å²) in [4.78, 5) is 35.2. The number of amides is 2. The molecule has 0 bridgehead atoms. The third-order valence-electron chi connectivity index (χ3n) is 4.74. The molecule has 4 N–H and O–H groups in total. The van der Waals surface area contributed by atoms with Crippen LogP contribution in [0.1, 0.15) is 52.0 Å². The number of hydrogen-bond donors (Lipinski definition) is 4. The number of benzene rings is 1. The summed E-state index contributed by atoms with van der Waals surface area (Å²) < 4.78 is 0. The summed E-state index contributed by atoms with van der Waals surface area (Å²) in [5.74, 6) is -0.877. The van der Waals surface area contributed by atoms with Gasteiger partial charge in [0.2, 0.25) is 0 Å². The summed E-state index contributed by atoms with van der Waals surface area (Å²) >= 11 is 0. The number of carbonyl (C=O) groups excluding carboxylic acids is 2. The predicted molar refractivity (Wildman–Crippen MR) is 98.3 cm³/mol. The van der Waals surface area contributed by atoms with Crippen molar-refractivity contribution in [3.8, 4) is 0 Å². The fourth-order valence-corrected chi connectivity index (χ4v) is 3.16. The van der Waals surface area contributed by atoms with E-state index in [-0.39, 0.29) is 24.8 Å². The van der Waals surface area contributed by atoms with Crippen LogP contribution in [0.15, 0.2) is 18.2 Å². The van der Waals surface area contributed by atoms with Crippen LogP contribution in [0.2, 0.25) is 0 Å². The number of piperidine rings is 1. The molecule has 2 amide bonds. The zero-order chi connectivity index (χ0) is 18.9. The molecule has 0 spiro atoms. The van der Waals surface area contributed by atoms with Gasteiger partial charge in [-0.15, -0.1) is 0 Å². The van der Waals surface area contributed by atoms with E-state index in [4.69, 9.17) is 5.11 Å². The molecule has 26 heavy (non-hydrogen) atoms. The van der Waals surface area contributed by atoms with E-state index in [1.165, 1.54) is 0 Å². The van der Waals surface area contributed by atoms with Crippen LogP contribution in [-0.4, -0.2) is 49.1 Å². The fourth-order valence-electron chi connectivity index (χ4n) is 3.16. The van der Waals surface area contributed by atoms with E-state index in [0.29, 0.717) is 29.2 Å². The van der Waals surface area contributed by atoms with Gasteiger partial charge in [-0.25, -0.2) is 0 Å². The lowest BCUT2D eigenvalue weighted by Gasteiger charge is -2.22. The van der Waals surface area contributed by atoms with E-state index in [0.717, 1.165) is 32.4 Å². The Labute approximate surface area is 153 Å². The first-order chi connectivity index (χ1) is 12.5. The Hall–Kier alpha value is -2.41. The van der Waals surface area contributed by atoms with Crippen LogP contribution >= 0.6 is 0 Å². The average molecular weight is 361 g/mol. The van der Waals surface area contributed by atoms with Gasteiger partial charge in [0.25, 0.3) is 11.8 Å². The first-order valence-electron chi connectivity index (χ1n) is 9.07. The molecular weight excluding hydrogens is 334 g/mol. The van der Waals surface area contributed by atoms with Crippen molar-refractivity contribution in [1.29, 1.82) is 0 Å². The van der Waals surface area contributed by atoms with Gasteiger partial charge in [0.1, 0.15) is 0 Å². The summed E-state index contributed by atoms with van der Waals surface area (Å²) in [6.45, 7) is 4.49. The molecule has 0 radical (unpaired) electrons. The molecule has 142 valence electrons. The highest BCUT2D eigenvalue weighted by Gasteiger charge is 2.17. The van der Waals surface area contributed by atoms with Crippen LogP contribution < -0.4 is 16.0 Å². The van der Waals surface area contributed by atoms with Crippen molar-refractivity contribution >= 4 is 17.8 Å². The van der Waals surface area contributed by atoms with Crippen LogP contribution in [0.5, 0.6) is 0 Å². The van der Waals surface area contributed by atoms with Crippen molar-refractivity contribution in [3.63, 3.8) is 0 Å². The Bertz CT molecular complexity index is 654. The number of carboxylic acid groups (broad SMARTS) is 1. The number of nitrogens with one attached hydrogen (secondary N) is 3. The molecule has 0 unspecified atom stereocenters. The molecule has 1 fully saturated rings. The first kappa shape index (κ1) is 19.9. The highest BCUT2D eigenvalue weighted by molar-refractivity contribution is 6.02. The molecule has 1 aromatic rings. The quantitative estimate of drug-likeness (QED) is 0.559. The van der Waals surface area contributed by atoms with Gasteiger partial charge in [0.05, 0.1) is 6.42 Å². The molecule has 0 atom stereocenters. The molecule has 0 aromatic heterocycles. The lowest BCUT2D eigenvalue weighted by molar-refractivity contribution is -0.136. The Morgan fingerprint density at radius 2 is 1.65 bits per heavy atom. The Morgan fingerprint density at radius 3 is 2.23 bits per heavy atom. The monoisotopic (exact) mass is 361 g/mol. The smallest absolute Gasteiger partial charge is 0.305 e. The zero-order valence-electron chi connectivity index (χ0n) is 15.1. The minimum absolute atomic E-state index is 0.0558. The van der Waals surface area contributed by atoms with Crippen molar-refractivity contribution < 1.29 is 19.5 Å². The van der Waals surface area contributed by atoms with Crippen LogP contribution in [0.25, 0.3) is 0 Å². The van der Waals surface area contributed by atoms with Gasteiger partial charge in [-0.2, -0.15) is 0 Å². The second kappa shape index (κ2) is 9.91. The maximum atomic E-state index is 12.5. The van der Waals surface area contributed by atoms with Crippen molar-refractivity contribution in [2.45, 2.75) is 32.6 Å². The third-order valence-corrected chi connectivity index (χ3v) is 4.74. The van der Waals surface area contributed by atoms with Crippen LogP contribution in [0.4, 0.5) is 0 Å². The lowest BCUT2D eigenvalue weighted by atomic mass is 9.94. The lowest BCUT2D eigenvalue weighted by Crippen LogP contribution is -2.32. The standard InChI is InChI=1S/C19H27N3O4/c1-13-15(18(25)21-11-7-14-5-9-20-10-6-14)3-2-4-16(13)19(26)22-12-8-17(23)24/h2-4,14,20H,5-12H2,1H3,(H,21,25)(H,22,26)(H,23,24). The Kier molecular flexibility index (Phi) is 7.59. The number of rotatable bonds is 8. The molecule has 1 aliphatic heterocycles. The maximum Gasteiger partial charge on any atom is 0.305 e. The van der Waals surface area contributed by atoms with Gasteiger partial charge < -0.3 is 21.1 Å². The van der Waals surface area contributed by atoms with E-state index < -0.39 is 5.97 Å². The number of aliphatic carboxylic acids is 1. The molecular formula is C19H27N3O4. The highest BCUT2D eigenvalue weighted by atomic mass is 16.4. The topological polar surface area (TPSA) is 108 Å². The molecule has 1 heterocycles. The molecule has 2 rings (SSSR count). The summed E-state index contributed by atoms with van der Waals surface area (Å²) in [6.07, 6.45) is 3.10. The van der Waals surface area contributed by atoms with Crippen molar-refractivity contribution in [2.24, 2.45) is 5.92 Å². The van der Waals surface area contributed by atoms with Crippen LogP contribution in [0.3, 0.4) is 0 Å². The summed E-state index contributed by atoms with van der Waals surface area (Å²) in [5, 5.41) is 17.5. The van der Waals surface area contributed by atoms with Gasteiger partial charge in [-0.1, -0.05) is 6.07 Å². The van der Waals surface area contributed by atoms with Gasteiger partial charge >= 0.3 is 5.97 Å². The average Bonchev–Trinajstić information content (AvgIpc) is 2.62. The maximum absolute atomic E-state index is 12.5. The molecule has 0 aliphatic carbocycles. The van der Waals surface area contributed by atoms with Crippen molar-refractivity contribution in [2.75, 3.05) is 26.2 Å². The largest absolute Gasteiger partial charge is 0.481 e. The molecule has 1 saturated heterocycles. The number of carboxylic acids is 1. The molecule has 1 aliphatic rings. The van der Waals surface area contributed by atoms with E-state index in [2.05, 4.69) is 16.0 Å². The van der Waals surface area contributed by atoms with Crippen molar-refractivity contribution in [1.82, 2.24) is 16.0 Å². The fraction of sp³-hybridized carbons (Fsp3) is 0.526. The Balaban J connectivity index is 1.90. The molecule has 1 aromatic carbocycles. The Morgan fingerprint density at radius 1 is 1.08 bits per heavy atom. The second-order valence-electron chi connectivity index (χ2n) is 6.62. The molecule has 7 nitrogen and oxygen atoms in total. The SMILES string of the molecule is Cc1c(C(=O)NCCC(=O)O)cccc1C(=O)NCCC1CCNCC1. The summed E-state index contributed by atoms with van der Waals surface area (Å²) in [6, 6.07) is 5.00. The van der Waals surface area contributed by atoms with E-state index in [1.807, 2.05) is 0 Å². The van der Waals surface area contributed by atoms with Crippen LogP contribution in [-0.2, 0) is 4.79 Å². The second-order valence-corrected chi connectivity index (χ2v) is 6.62. The summed E-state index contributed by atoms with van der Waals surface area (Å²) in [5.41, 5.74) is 1.46. The zero-order valence-corrected chi connectivity index (χ0v) is 15.1. The van der Waals surface area contributed by atoms with E-state index in [1.54, 1.807) is 25.1 Å². The third kappa shape index (κ3) is 5.84. The summed E-state index contributed by atoms with van der Waals surface area (Å²) in [7, 11) is 0.